The van der Waals surface area contributed by atoms with Crippen molar-refractivity contribution in [3.63, 3.8) is 0 Å². The van der Waals surface area contributed by atoms with Crippen molar-refractivity contribution >= 4 is 42.3 Å². The van der Waals surface area contributed by atoms with Gasteiger partial charge in [-0.2, -0.15) is 0 Å². The van der Waals surface area contributed by atoms with E-state index in [4.69, 9.17) is 9.97 Å². The summed E-state index contributed by atoms with van der Waals surface area (Å²) in [5, 5.41) is 5.22. The van der Waals surface area contributed by atoms with E-state index in [9.17, 15) is 0 Å². The molecular weight excluding hydrogens is 685 g/mol. The topological polar surface area (TPSA) is 25.8 Å². The second-order valence-electron chi connectivity index (χ2n) is 14.6. The van der Waals surface area contributed by atoms with Gasteiger partial charge in [-0.15, -0.1) is 11.3 Å². The van der Waals surface area contributed by atoms with Crippen molar-refractivity contribution in [2.75, 3.05) is 0 Å². The molecule has 8 aromatic carbocycles. The molecule has 0 N–H and O–H groups in total. The van der Waals surface area contributed by atoms with Crippen molar-refractivity contribution in [1.82, 2.24) is 9.97 Å². The fraction of sp³-hybridized carbons (Fsp3) is 0.0385. The van der Waals surface area contributed by atoms with E-state index in [0.717, 1.165) is 33.6 Å². The van der Waals surface area contributed by atoms with Crippen LogP contribution in [0.25, 0.3) is 87.1 Å². The lowest BCUT2D eigenvalue weighted by Crippen LogP contribution is -2.22. The monoisotopic (exact) mass is 718 g/mol. The predicted octanol–water partition coefficient (Wildman–Crippen LogP) is 14.0. The Labute approximate surface area is 324 Å². The molecule has 0 spiro atoms. The summed E-state index contributed by atoms with van der Waals surface area (Å²) < 4.78 is 2.64. The smallest absolute Gasteiger partial charge is 0.160 e. The first kappa shape index (κ1) is 31.8. The predicted molar refractivity (Wildman–Crippen MR) is 232 cm³/mol. The summed E-state index contributed by atoms with van der Waals surface area (Å²) in [7, 11) is 0. The van der Waals surface area contributed by atoms with E-state index in [-0.39, 0.29) is 5.41 Å². The van der Waals surface area contributed by atoms with Crippen molar-refractivity contribution in [3.05, 3.63) is 205 Å². The van der Waals surface area contributed by atoms with Crippen molar-refractivity contribution in [3.8, 4) is 56.2 Å². The lowest BCUT2D eigenvalue weighted by atomic mass is 9.74. The number of hydrogen-bond acceptors (Lipinski definition) is 3. The molecule has 0 amide bonds. The van der Waals surface area contributed by atoms with E-state index >= 15 is 0 Å². The molecule has 2 heterocycles. The summed E-state index contributed by atoms with van der Waals surface area (Å²) in [5.41, 5.74) is 13.4. The Kier molecular flexibility index (Phi) is 7.20. The maximum atomic E-state index is 5.32. The van der Waals surface area contributed by atoms with Crippen LogP contribution in [0.2, 0.25) is 0 Å². The summed E-state index contributed by atoms with van der Waals surface area (Å²) >= 11 is 1.88. The number of benzene rings is 8. The first-order valence-corrected chi connectivity index (χ1v) is 19.6. The van der Waals surface area contributed by atoms with Crippen molar-refractivity contribution in [1.29, 1.82) is 0 Å². The fourth-order valence-corrected chi connectivity index (χ4v) is 10.1. The van der Waals surface area contributed by atoms with Crippen LogP contribution in [0.3, 0.4) is 0 Å². The van der Waals surface area contributed by atoms with Crippen LogP contribution in [0.1, 0.15) is 23.6 Å². The highest BCUT2D eigenvalue weighted by molar-refractivity contribution is 7.26. The van der Waals surface area contributed by atoms with E-state index in [1.807, 2.05) is 17.4 Å². The first-order chi connectivity index (χ1) is 27.1. The van der Waals surface area contributed by atoms with Crippen molar-refractivity contribution in [2.45, 2.75) is 12.3 Å². The maximum absolute atomic E-state index is 5.32. The molecule has 2 nitrogen and oxygen atoms in total. The Balaban J connectivity index is 1.07. The Morgan fingerprint density at radius 3 is 1.98 bits per heavy atom. The van der Waals surface area contributed by atoms with Gasteiger partial charge in [0.25, 0.3) is 0 Å². The third-order valence-electron chi connectivity index (χ3n) is 11.6. The van der Waals surface area contributed by atoms with E-state index in [0.29, 0.717) is 5.82 Å². The molecule has 1 atom stereocenters. The highest BCUT2D eigenvalue weighted by atomic mass is 32.1. The highest BCUT2D eigenvalue weighted by Crippen LogP contribution is 2.55. The quantitative estimate of drug-likeness (QED) is 0.177. The SMILES string of the molecule is CC1(c2ccccc2)c2ccccc2-c2c(-c3cc(-c4cccc(-c5ccc6c(c5)sc5c7ccccc7ccc65)c4)nc(-c4ccccc4)n3)cccc21. The van der Waals surface area contributed by atoms with Crippen LogP contribution >= 0.6 is 11.3 Å². The summed E-state index contributed by atoms with van der Waals surface area (Å²) in [6.07, 6.45) is 0. The van der Waals surface area contributed by atoms with Crippen LogP contribution in [-0.4, -0.2) is 9.97 Å². The molecule has 1 aliphatic carbocycles. The molecule has 0 bridgehead atoms. The molecule has 2 aromatic heterocycles. The second kappa shape index (κ2) is 12.4. The molecule has 3 heteroatoms. The van der Waals surface area contributed by atoms with Gasteiger partial charge in [0.2, 0.25) is 0 Å². The van der Waals surface area contributed by atoms with Crippen LogP contribution in [0.15, 0.2) is 188 Å². The zero-order valence-corrected chi connectivity index (χ0v) is 31.0. The van der Waals surface area contributed by atoms with Gasteiger partial charge < -0.3 is 0 Å². The van der Waals surface area contributed by atoms with Gasteiger partial charge in [0, 0.05) is 42.3 Å². The second-order valence-corrected chi connectivity index (χ2v) is 15.7. The van der Waals surface area contributed by atoms with Gasteiger partial charge in [-0.25, -0.2) is 9.97 Å². The van der Waals surface area contributed by atoms with Gasteiger partial charge in [-0.3, -0.25) is 0 Å². The molecule has 258 valence electrons. The van der Waals surface area contributed by atoms with E-state index in [2.05, 4.69) is 189 Å². The number of rotatable bonds is 5. The number of aromatic nitrogens is 2. The van der Waals surface area contributed by atoms with E-state index in [1.165, 1.54) is 64.3 Å². The molecule has 11 rings (SSSR count). The number of thiophene rings is 1. The minimum atomic E-state index is -0.293. The largest absolute Gasteiger partial charge is 0.228 e. The summed E-state index contributed by atoms with van der Waals surface area (Å²) in [5.74, 6) is 0.715. The van der Waals surface area contributed by atoms with Crippen LogP contribution in [0.5, 0.6) is 0 Å². The number of hydrogen-bond donors (Lipinski definition) is 0. The van der Waals surface area contributed by atoms with Gasteiger partial charge in [0.1, 0.15) is 0 Å². The Morgan fingerprint density at radius 2 is 1.09 bits per heavy atom. The van der Waals surface area contributed by atoms with Crippen molar-refractivity contribution < 1.29 is 0 Å². The molecule has 10 aromatic rings. The molecular formula is C52H34N2S. The number of nitrogens with zero attached hydrogens (tertiary/aromatic N) is 2. The molecule has 0 saturated carbocycles. The average Bonchev–Trinajstić information content (AvgIpc) is 3.77. The Bertz CT molecular complexity index is 3110. The zero-order valence-electron chi connectivity index (χ0n) is 30.2. The standard InChI is InChI=1S/C52H34N2S/c1-52(38-19-6-3-7-20-38)44-24-11-10-22-42(44)49-43(23-13-25-45(49)52)47-32-46(53-51(54-47)34-15-4-2-5-16-34)37-18-12-17-35(30-37)36-27-28-40-41-29-26-33-14-8-9-21-39(33)50(41)55-48(40)31-36/h2-32H,1H3. The Hall–Kier alpha value is -6.68. The number of fused-ring (bicyclic) bond motifs is 8. The lowest BCUT2D eigenvalue weighted by Gasteiger charge is -2.28. The molecule has 0 saturated heterocycles. The third-order valence-corrected chi connectivity index (χ3v) is 12.8. The highest BCUT2D eigenvalue weighted by Gasteiger charge is 2.41. The minimum absolute atomic E-state index is 0.293. The van der Waals surface area contributed by atoms with Crippen LogP contribution in [-0.2, 0) is 5.41 Å². The summed E-state index contributed by atoms with van der Waals surface area (Å²) in [6.45, 7) is 2.36. The van der Waals surface area contributed by atoms with Gasteiger partial charge in [0.05, 0.1) is 11.4 Å². The summed E-state index contributed by atoms with van der Waals surface area (Å²) in [6, 6.07) is 67.9. The maximum Gasteiger partial charge on any atom is 0.160 e. The Morgan fingerprint density at radius 1 is 0.436 bits per heavy atom. The van der Waals surface area contributed by atoms with Gasteiger partial charge in [0.15, 0.2) is 5.82 Å². The van der Waals surface area contributed by atoms with Crippen LogP contribution in [0.4, 0.5) is 0 Å². The normalized spacial score (nSPS) is 14.7. The lowest BCUT2D eigenvalue weighted by molar-refractivity contribution is 0.714. The zero-order chi connectivity index (χ0) is 36.5. The van der Waals surface area contributed by atoms with Gasteiger partial charge >= 0.3 is 0 Å². The molecule has 0 aliphatic heterocycles. The molecule has 1 unspecified atom stereocenters. The third kappa shape index (κ3) is 5.01. The first-order valence-electron chi connectivity index (χ1n) is 18.8. The molecule has 1 aliphatic rings. The molecule has 55 heavy (non-hydrogen) atoms. The van der Waals surface area contributed by atoms with Gasteiger partial charge in [-0.1, -0.05) is 170 Å². The van der Waals surface area contributed by atoms with Crippen LogP contribution < -0.4 is 0 Å². The average molecular weight is 719 g/mol. The van der Waals surface area contributed by atoms with E-state index in [1.54, 1.807) is 0 Å². The minimum Gasteiger partial charge on any atom is -0.228 e. The fourth-order valence-electron chi connectivity index (χ4n) is 8.83. The van der Waals surface area contributed by atoms with Crippen LogP contribution in [0, 0.1) is 0 Å². The van der Waals surface area contributed by atoms with Gasteiger partial charge in [-0.05, 0) is 74.8 Å². The summed E-state index contributed by atoms with van der Waals surface area (Å²) in [4.78, 5) is 10.6. The van der Waals surface area contributed by atoms with Crippen molar-refractivity contribution in [2.24, 2.45) is 0 Å². The van der Waals surface area contributed by atoms with E-state index < -0.39 is 0 Å². The molecule has 0 radical (unpaired) electrons. The molecule has 0 fully saturated rings.